The Morgan fingerprint density at radius 1 is 1.22 bits per heavy atom. The largest absolute Gasteiger partial charge is 0.336 e. The summed E-state index contributed by atoms with van der Waals surface area (Å²) in [6.07, 6.45) is 1.64. The average Bonchev–Trinajstić information content (AvgIpc) is 2.95. The maximum Gasteiger partial charge on any atom is 0.254 e. The lowest BCUT2D eigenvalue weighted by Gasteiger charge is -2.34. The van der Waals surface area contributed by atoms with Crippen LogP contribution >= 0.6 is 27.3 Å². The van der Waals surface area contributed by atoms with Gasteiger partial charge in [-0.05, 0) is 34.1 Å². The summed E-state index contributed by atoms with van der Waals surface area (Å²) < 4.78 is 2.61. The van der Waals surface area contributed by atoms with Gasteiger partial charge in [-0.15, -0.1) is 11.3 Å². The fourth-order valence-corrected chi connectivity index (χ4v) is 4.16. The molecule has 1 aliphatic heterocycles. The lowest BCUT2D eigenvalue weighted by Crippen LogP contribution is -2.48. The van der Waals surface area contributed by atoms with Crippen LogP contribution in [0.2, 0.25) is 0 Å². The second-order valence-corrected chi connectivity index (χ2v) is 8.19. The molecule has 0 aromatic carbocycles. The molecule has 0 N–H and O–H groups in total. The number of hydrogen-bond acceptors (Lipinski definition) is 4. The quantitative estimate of drug-likeness (QED) is 0.799. The van der Waals surface area contributed by atoms with Gasteiger partial charge in [-0.2, -0.15) is 0 Å². The van der Waals surface area contributed by atoms with Crippen molar-refractivity contribution < 1.29 is 4.79 Å². The minimum atomic E-state index is -0.155. The molecule has 5 nitrogen and oxygen atoms in total. The third-order valence-electron chi connectivity index (χ3n) is 4.02. The lowest BCUT2D eigenvalue weighted by molar-refractivity contribution is 0.0629. The number of aromatic nitrogens is 1. The van der Waals surface area contributed by atoms with Gasteiger partial charge in [-0.3, -0.25) is 14.5 Å². The molecular formula is C16H18BrN3O2S. The molecule has 2 aromatic rings. The topological polar surface area (TPSA) is 45.6 Å². The van der Waals surface area contributed by atoms with Crippen molar-refractivity contribution in [2.24, 2.45) is 7.05 Å². The number of aryl methyl sites for hydroxylation is 1. The van der Waals surface area contributed by atoms with Gasteiger partial charge in [0.25, 0.3) is 11.5 Å². The van der Waals surface area contributed by atoms with E-state index < -0.39 is 0 Å². The third kappa shape index (κ3) is 3.91. The standard InChI is InChI=1S/C16H18BrN3O2S/c1-18-5-4-12(10-15(18)21)16(22)20-8-6-19(7-9-20)11-13-2-3-14(17)23-13/h2-5,10H,6-9,11H2,1H3. The summed E-state index contributed by atoms with van der Waals surface area (Å²) in [4.78, 5) is 29.7. The van der Waals surface area contributed by atoms with E-state index in [2.05, 4.69) is 33.0 Å². The van der Waals surface area contributed by atoms with Crippen LogP contribution in [0.15, 0.2) is 39.0 Å². The highest BCUT2D eigenvalue weighted by Gasteiger charge is 2.22. The summed E-state index contributed by atoms with van der Waals surface area (Å²) >= 11 is 5.23. The van der Waals surface area contributed by atoms with E-state index in [0.29, 0.717) is 18.7 Å². The first-order valence-electron chi connectivity index (χ1n) is 7.45. The summed E-state index contributed by atoms with van der Waals surface area (Å²) in [5.41, 5.74) is 0.321. The Morgan fingerprint density at radius 2 is 1.96 bits per heavy atom. The summed E-state index contributed by atoms with van der Waals surface area (Å²) in [6, 6.07) is 7.32. The van der Waals surface area contributed by atoms with Crippen LogP contribution in [0.25, 0.3) is 0 Å². The fourth-order valence-electron chi connectivity index (χ4n) is 2.63. The molecule has 1 fully saturated rings. The predicted octanol–water partition coefficient (Wildman–Crippen LogP) is 2.17. The molecule has 3 heterocycles. The van der Waals surface area contributed by atoms with E-state index in [1.807, 2.05) is 4.90 Å². The van der Waals surface area contributed by atoms with Crippen LogP contribution in [0.4, 0.5) is 0 Å². The Labute approximate surface area is 147 Å². The molecule has 0 atom stereocenters. The van der Waals surface area contributed by atoms with Gasteiger partial charge in [-0.25, -0.2) is 0 Å². The maximum absolute atomic E-state index is 12.5. The van der Waals surface area contributed by atoms with E-state index in [-0.39, 0.29) is 11.5 Å². The van der Waals surface area contributed by atoms with E-state index in [1.165, 1.54) is 15.5 Å². The highest BCUT2D eigenvalue weighted by molar-refractivity contribution is 9.11. The highest BCUT2D eigenvalue weighted by Crippen LogP contribution is 2.23. The second kappa shape index (κ2) is 6.98. The minimum absolute atomic E-state index is 0.0544. The van der Waals surface area contributed by atoms with Crippen molar-refractivity contribution in [2.75, 3.05) is 26.2 Å². The van der Waals surface area contributed by atoms with Crippen LogP contribution in [0.3, 0.4) is 0 Å². The van der Waals surface area contributed by atoms with Gasteiger partial charge in [0.1, 0.15) is 0 Å². The summed E-state index contributed by atoms with van der Waals surface area (Å²) in [6.45, 7) is 4.02. The number of piperazine rings is 1. The van der Waals surface area contributed by atoms with Gasteiger partial charge in [0, 0.05) is 62.5 Å². The highest BCUT2D eigenvalue weighted by atomic mass is 79.9. The molecule has 23 heavy (non-hydrogen) atoms. The number of rotatable bonds is 3. The van der Waals surface area contributed by atoms with Crippen LogP contribution < -0.4 is 5.56 Å². The molecule has 0 radical (unpaired) electrons. The molecule has 0 spiro atoms. The number of thiophene rings is 1. The van der Waals surface area contributed by atoms with Gasteiger partial charge < -0.3 is 9.47 Å². The number of halogens is 1. The van der Waals surface area contributed by atoms with Crippen molar-refractivity contribution in [1.29, 1.82) is 0 Å². The summed E-state index contributed by atoms with van der Waals surface area (Å²) in [5.74, 6) is -0.0544. The van der Waals surface area contributed by atoms with Gasteiger partial charge in [0.05, 0.1) is 3.79 Å². The zero-order chi connectivity index (χ0) is 16.4. The zero-order valence-electron chi connectivity index (χ0n) is 12.9. The van der Waals surface area contributed by atoms with Crippen molar-refractivity contribution in [1.82, 2.24) is 14.4 Å². The van der Waals surface area contributed by atoms with Crippen molar-refractivity contribution in [2.45, 2.75) is 6.54 Å². The Kier molecular flexibility index (Phi) is 4.99. The van der Waals surface area contributed by atoms with E-state index in [0.717, 1.165) is 23.4 Å². The normalized spacial score (nSPS) is 15.8. The van der Waals surface area contributed by atoms with E-state index in [4.69, 9.17) is 0 Å². The van der Waals surface area contributed by atoms with Crippen LogP contribution in [0.5, 0.6) is 0 Å². The lowest BCUT2D eigenvalue weighted by atomic mass is 10.2. The Bertz CT molecular complexity index is 763. The molecule has 0 aliphatic carbocycles. The predicted molar refractivity (Wildman–Crippen MR) is 94.9 cm³/mol. The van der Waals surface area contributed by atoms with Crippen molar-refractivity contribution in [3.8, 4) is 0 Å². The third-order valence-corrected chi connectivity index (χ3v) is 5.63. The number of pyridine rings is 1. The smallest absolute Gasteiger partial charge is 0.254 e. The van der Waals surface area contributed by atoms with E-state index >= 15 is 0 Å². The number of nitrogens with zero attached hydrogens (tertiary/aromatic N) is 3. The van der Waals surface area contributed by atoms with Gasteiger partial charge >= 0.3 is 0 Å². The first-order valence-corrected chi connectivity index (χ1v) is 9.06. The van der Waals surface area contributed by atoms with Gasteiger partial charge in [0.15, 0.2) is 0 Å². The average molecular weight is 396 g/mol. The van der Waals surface area contributed by atoms with Gasteiger partial charge in [0.2, 0.25) is 0 Å². The minimum Gasteiger partial charge on any atom is -0.336 e. The van der Waals surface area contributed by atoms with Gasteiger partial charge in [-0.1, -0.05) is 0 Å². The first kappa shape index (κ1) is 16.4. The van der Waals surface area contributed by atoms with Crippen molar-refractivity contribution >= 4 is 33.2 Å². The first-order chi connectivity index (χ1) is 11.0. The molecule has 2 aromatic heterocycles. The molecule has 0 saturated carbocycles. The SMILES string of the molecule is Cn1ccc(C(=O)N2CCN(Cc3ccc(Br)s3)CC2)cc1=O. The van der Waals surface area contributed by atoms with Crippen LogP contribution in [-0.2, 0) is 13.6 Å². The number of amides is 1. The maximum atomic E-state index is 12.5. The number of hydrogen-bond donors (Lipinski definition) is 0. The number of carbonyl (C=O) groups excluding carboxylic acids is 1. The fraction of sp³-hybridized carbons (Fsp3) is 0.375. The molecule has 0 bridgehead atoms. The van der Waals surface area contributed by atoms with Crippen molar-refractivity contribution in [3.05, 3.63) is 55.0 Å². The molecular weight excluding hydrogens is 378 g/mol. The second-order valence-electron chi connectivity index (χ2n) is 5.64. The molecule has 1 amide bonds. The summed E-state index contributed by atoms with van der Waals surface area (Å²) in [7, 11) is 1.68. The Hall–Kier alpha value is -1.44. The zero-order valence-corrected chi connectivity index (χ0v) is 15.3. The molecule has 7 heteroatoms. The van der Waals surface area contributed by atoms with E-state index in [9.17, 15) is 9.59 Å². The van der Waals surface area contributed by atoms with E-state index in [1.54, 1.807) is 30.6 Å². The molecule has 3 rings (SSSR count). The Balaban J connectivity index is 1.58. The molecule has 1 saturated heterocycles. The molecule has 122 valence electrons. The van der Waals surface area contributed by atoms with Crippen LogP contribution in [0.1, 0.15) is 15.2 Å². The van der Waals surface area contributed by atoms with Crippen LogP contribution in [0, 0.1) is 0 Å². The molecule has 1 aliphatic rings. The van der Waals surface area contributed by atoms with Crippen LogP contribution in [-0.4, -0.2) is 46.5 Å². The number of carbonyl (C=O) groups is 1. The summed E-state index contributed by atoms with van der Waals surface area (Å²) in [5, 5.41) is 0. The monoisotopic (exact) mass is 395 g/mol. The molecule has 0 unspecified atom stereocenters. The Morgan fingerprint density at radius 3 is 2.57 bits per heavy atom. The van der Waals surface area contributed by atoms with Crippen molar-refractivity contribution in [3.63, 3.8) is 0 Å².